The number of phosphoric acid groups is 1. The number of ether oxygens (including phenoxy) is 2. The van der Waals surface area contributed by atoms with Crippen LogP contribution >= 0.6 is 7.82 Å². The van der Waals surface area contributed by atoms with E-state index >= 15 is 0 Å². The minimum absolute atomic E-state index is 0.0426. The number of hydrogen-bond donors (Lipinski definition) is 0. The van der Waals surface area contributed by atoms with Crippen LogP contribution in [0.15, 0.2) is 170 Å². The lowest BCUT2D eigenvalue weighted by Crippen LogP contribution is -2.37. The molecule has 0 aromatic heterocycles. The lowest BCUT2D eigenvalue weighted by atomic mass is 10.0. The number of phosphoric ester groups is 1. The van der Waals surface area contributed by atoms with E-state index in [-0.39, 0.29) is 26.1 Å². The van der Waals surface area contributed by atoms with Crippen LogP contribution in [0.1, 0.15) is 245 Å². The first-order valence-electron chi connectivity index (χ1n) is 33.8. The van der Waals surface area contributed by atoms with Crippen LogP contribution in [0.4, 0.5) is 0 Å². The van der Waals surface area contributed by atoms with Crippen molar-refractivity contribution >= 4 is 19.8 Å². The fraction of sp³-hybridized carbons (Fsp3) is 0.605. The zero-order valence-corrected chi connectivity index (χ0v) is 56.1. The minimum atomic E-state index is -4.66. The van der Waals surface area contributed by atoms with Crippen LogP contribution in [0.2, 0.25) is 0 Å². The summed E-state index contributed by atoms with van der Waals surface area (Å²) in [6.07, 6.45) is 98.4. The summed E-state index contributed by atoms with van der Waals surface area (Å²) in [5.74, 6) is -0.862. The Bertz CT molecular complexity index is 2060. The second-order valence-electron chi connectivity index (χ2n) is 23.1. The number of unbranched alkanes of at least 4 members (excludes halogenated alkanes) is 18. The Balaban J connectivity index is 4.15. The van der Waals surface area contributed by atoms with E-state index in [4.69, 9.17) is 18.5 Å². The Morgan fingerprint density at radius 2 is 0.628 bits per heavy atom. The summed E-state index contributed by atoms with van der Waals surface area (Å²) < 4.78 is 34.3. The van der Waals surface area contributed by atoms with E-state index in [1.807, 2.05) is 21.1 Å². The highest BCUT2D eigenvalue weighted by molar-refractivity contribution is 7.45. The van der Waals surface area contributed by atoms with Gasteiger partial charge in [0, 0.05) is 12.8 Å². The second kappa shape index (κ2) is 64.8. The monoisotopic (exact) mass is 1210 g/mol. The summed E-state index contributed by atoms with van der Waals surface area (Å²) in [7, 11) is 1.13. The van der Waals surface area contributed by atoms with Crippen LogP contribution in [0.25, 0.3) is 0 Å². The van der Waals surface area contributed by atoms with Crippen LogP contribution in [0.3, 0.4) is 0 Å². The first-order chi connectivity index (χ1) is 42.0. The van der Waals surface area contributed by atoms with Crippen LogP contribution in [0, 0.1) is 0 Å². The van der Waals surface area contributed by atoms with Crippen LogP contribution in [-0.4, -0.2) is 70.0 Å². The molecule has 0 aromatic rings. The van der Waals surface area contributed by atoms with Gasteiger partial charge in [-0.15, -0.1) is 0 Å². The van der Waals surface area contributed by atoms with Gasteiger partial charge in [0.2, 0.25) is 0 Å². The first kappa shape index (κ1) is 81.4. The van der Waals surface area contributed by atoms with Gasteiger partial charge in [-0.05, 0) is 128 Å². The number of carbonyl (C=O) groups is 2. The molecule has 0 aliphatic rings. The maximum atomic E-state index is 12.9. The normalized spacial score (nSPS) is 14.3. The Morgan fingerprint density at radius 1 is 0.360 bits per heavy atom. The van der Waals surface area contributed by atoms with Gasteiger partial charge in [0.1, 0.15) is 19.8 Å². The van der Waals surface area contributed by atoms with Gasteiger partial charge in [0.05, 0.1) is 27.7 Å². The Kier molecular flexibility index (Phi) is 61.3. The first-order valence-corrected chi connectivity index (χ1v) is 35.3. The van der Waals surface area contributed by atoms with Crippen molar-refractivity contribution in [1.82, 2.24) is 0 Å². The van der Waals surface area contributed by atoms with Crippen molar-refractivity contribution in [2.45, 2.75) is 251 Å². The Labute approximate surface area is 528 Å². The lowest BCUT2D eigenvalue weighted by Gasteiger charge is -2.28. The third-order valence-corrected chi connectivity index (χ3v) is 14.7. The molecule has 0 aliphatic heterocycles. The standard InChI is InChI=1S/C76H124NO8P/c1-6-8-10-12-14-16-18-20-22-24-26-28-30-32-33-34-35-36-37-38-39-40-41-42-43-45-47-49-51-53-55-57-59-61-63-65-67-69-76(79)85-74(73-84-86(80,81)83-71-70-77(3,4)5)72-82-75(78)68-66-64-62-60-58-56-54-52-50-48-46-44-31-29-27-25-23-21-19-17-15-13-11-9-7-2/h8-11,14-17,20-23,26-29,32-33,35-36,38-39,41-42,44,46,50,52,74H,6-7,12-13,18-19,24-25,30-31,34,37,40,43,45,47-49,51,53-73H2,1-5H3/b10-8-,11-9-,16-14-,17-15-,22-20-,23-21-,28-26-,29-27-,33-32-,36-35-,39-38-,42-41-,46-44-,52-50-. The predicted octanol–water partition coefficient (Wildman–Crippen LogP) is 21.5. The molecular formula is C76H124NO8P. The van der Waals surface area contributed by atoms with Crippen molar-refractivity contribution in [3.8, 4) is 0 Å². The van der Waals surface area contributed by atoms with Crippen molar-refractivity contribution < 1.29 is 42.1 Å². The van der Waals surface area contributed by atoms with Gasteiger partial charge in [-0.25, -0.2) is 0 Å². The summed E-state index contributed by atoms with van der Waals surface area (Å²) in [5, 5.41) is 0. The molecule has 0 bridgehead atoms. The van der Waals surface area contributed by atoms with Gasteiger partial charge in [0.25, 0.3) is 7.82 Å². The molecule has 2 unspecified atom stereocenters. The fourth-order valence-corrected chi connectivity index (χ4v) is 9.35. The lowest BCUT2D eigenvalue weighted by molar-refractivity contribution is -0.870. The molecule has 0 fully saturated rings. The van der Waals surface area contributed by atoms with Crippen molar-refractivity contribution in [2.24, 2.45) is 0 Å². The minimum Gasteiger partial charge on any atom is -0.756 e. The molecule has 486 valence electrons. The predicted molar refractivity (Wildman–Crippen MR) is 369 cm³/mol. The number of carbonyl (C=O) groups excluding carboxylic acids is 2. The fourth-order valence-electron chi connectivity index (χ4n) is 8.62. The molecule has 0 radical (unpaired) electrons. The molecule has 0 aliphatic carbocycles. The summed E-state index contributed by atoms with van der Waals surface area (Å²) >= 11 is 0. The van der Waals surface area contributed by atoms with E-state index < -0.39 is 32.5 Å². The molecule has 0 amide bonds. The molecular weight excluding hydrogens is 1090 g/mol. The van der Waals surface area contributed by atoms with Crippen LogP contribution < -0.4 is 4.89 Å². The average Bonchev–Trinajstić information content (AvgIpc) is 3.67. The average molecular weight is 1210 g/mol. The van der Waals surface area contributed by atoms with E-state index in [9.17, 15) is 19.0 Å². The quantitative estimate of drug-likeness (QED) is 0.0195. The number of allylic oxidation sites excluding steroid dienone is 28. The molecule has 0 saturated carbocycles. The number of hydrogen-bond acceptors (Lipinski definition) is 8. The van der Waals surface area contributed by atoms with E-state index in [0.717, 1.165) is 154 Å². The molecule has 0 aromatic carbocycles. The maximum absolute atomic E-state index is 12.9. The van der Waals surface area contributed by atoms with Gasteiger partial charge >= 0.3 is 11.9 Å². The zero-order valence-electron chi connectivity index (χ0n) is 55.2. The van der Waals surface area contributed by atoms with Crippen LogP contribution in [-0.2, 0) is 32.7 Å². The molecule has 0 spiro atoms. The highest BCUT2D eigenvalue weighted by atomic mass is 31.2. The number of rotatable bonds is 60. The highest BCUT2D eigenvalue weighted by Gasteiger charge is 2.22. The summed E-state index contributed by atoms with van der Waals surface area (Å²) in [6.45, 7) is 3.98. The smallest absolute Gasteiger partial charge is 0.306 e. The molecule has 10 heteroatoms. The van der Waals surface area contributed by atoms with Crippen molar-refractivity contribution in [3.63, 3.8) is 0 Å². The SMILES string of the molecule is CC/C=C\C/C=C\C/C=C\C/C=C\C/C=C\C/C=C\C/C=C\C/C=C\CCCCCCCCCCCCCCC(=O)OC(COC(=O)CCCCCCCC/C=C\C/C=C\C/C=C\C/C=C\C/C=C\C/C=C\CC)COP(=O)([O-])OCC[N+](C)(C)C. The van der Waals surface area contributed by atoms with E-state index in [2.05, 4.69) is 184 Å². The third-order valence-electron chi connectivity index (χ3n) is 13.7. The van der Waals surface area contributed by atoms with E-state index in [0.29, 0.717) is 23.9 Å². The van der Waals surface area contributed by atoms with Gasteiger partial charge in [-0.2, -0.15) is 0 Å². The van der Waals surface area contributed by atoms with Crippen molar-refractivity contribution in [2.75, 3.05) is 47.5 Å². The number of nitrogens with zero attached hydrogens (tertiary/aromatic N) is 1. The number of likely N-dealkylation sites (N-methyl/N-ethyl adjacent to an activating group) is 1. The number of esters is 2. The van der Waals surface area contributed by atoms with Gasteiger partial charge in [0.15, 0.2) is 6.10 Å². The molecule has 0 heterocycles. The largest absolute Gasteiger partial charge is 0.756 e. The van der Waals surface area contributed by atoms with Crippen molar-refractivity contribution in [1.29, 1.82) is 0 Å². The topological polar surface area (TPSA) is 111 Å². The molecule has 0 rings (SSSR count). The zero-order chi connectivity index (χ0) is 62.6. The third kappa shape index (κ3) is 68.5. The van der Waals surface area contributed by atoms with Gasteiger partial charge in [-0.3, -0.25) is 14.2 Å². The van der Waals surface area contributed by atoms with Gasteiger partial charge in [-0.1, -0.05) is 274 Å². The molecule has 9 nitrogen and oxygen atoms in total. The number of quaternary nitrogens is 1. The maximum Gasteiger partial charge on any atom is 0.306 e. The highest BCUT2D eigenvalue weighted by Crippen LogP contribution is 2.38. The Morgan fingerprint density at radius 3 is 0.930 bits per heavy atom. The summed E-state index contributed by atoms with van der Waals surface area (Å²) in [4.78, 5) is 38.0. The van der Waals surface area contributed by atoms with Gasteiger partial charge < -0.3 is 27.9 Å². The molecule has 86 heavy (non-hydrogen) atoms. The Hall–Kier alpha value is -4.63. The molecule has 0 N–H and O–H groups in total. The second-order valence-corrected chi connectivity index (χ2v) is 24.5. The molecule has 0 saturated heterocycles. The van der Waals surface area contributed by atoms with E-state index in [1.165, 1.54) is 51.4 Å². The van der Waals surface area contributed by atoms with E-state index in [1.54, 1.807) is 0 Å². The van der Waals surface area contributed by atoms with Crippen LogP contribution in [0.5, 0.6) is 0 Å². The molecule has 2 atom stereocenters. The summed E-state index contributed by atoms with van der Waals surface area (Å²) in [5.41, 5.74) is 0. The summed E-state index contributed by atoms with van der Waals surface area (Å²) in [6, 6.07) is 0. The van der Waals surface area contributed by atoms with Crippen molar-refractivity contribution in [3.05, 3.63) is 170 Å².